The van der Waals surface area contributed by atoms with Gasteiger partial charge in [0.15, 0.2) is 0 Å². The average Bonchev–Trinajstić information content (AvgIpc) is 3.74. The molecule has 358 valence electrons. The van der Waals surface area contributed by atoms with Crippen LogP contribution in [0.2, 0.25) is 0 Å². The molecule has 0 saturated carbocycles. The van der Waals surface area contributed by atoms with Gasteiger partial charge < -0.3 is 14.7 Å². The molecule has 0 atom stereocenters. The topological polar surface area (TPSA) is 9.72 Å². The summed E-state index contributed by atoms with van der Waals surface area (Å²) in [6, 6.07) is 67.2. The highest BCUT2D eigenvalue weighted by molar-refractivity contribution is 7.33. The molecule has 12 rings (SSSR count). The Balaban J connectivity index is 1.21. The number of nitrogens with zero attached hydrogens (tertiary/aromatic N) is 3. The maximum Gasteiger partial charge on any atom is 0.264 e. The predicted molar refractivity (Wildman–Crippen MR) is 313 cm³/mol. The molecule has 0 bridgehead atoms. The third-order valence-corrected chi connectivity index (χ3v) is 17.6. The molecule has 1 aromatic heterocycles. The number of rotatable bonds is 6. The van der Waals surface area contributed by atoms with Crippen LogP contribution in [-0.2, 0) is 21.7 Å². The van der Waals surface area contributed by atoms with Crippen LogP contribution >= 0.6 is 11.3 Å². The minimum atomic E-state index is -0.0216. The standard InChI is InChI=1S/C67H66BN3S/c1-43-20-18-19-25-52(43)44-38-58-61-59(39-44)71(50-31-33-54-55(41-50)67(10,11)37-36-66(54,8)9)62-53-40-46(65(5,6)7)28-35-60(53)72-63(62)68(61)56-34-32-51(69(47-21-14-12-15-22-47)48-23-16-13-17-24-48)42-57(56)70(58)49-29-26-45(27-30-49)64(2,3)4/h12-35,38-42H,36-37H2,1-11H3. The van der Waals surface area contributed by atoms with E-state index in [0.29, 0.717) is 0 Å². The van der Waals surface area contributed by atoms with Crippen LogP contribution in [0.3, 0.4) is 0 Å². The third kappa shape index (κ3) is 7.53. The van der Waals surface area contributed by atoms with Crippen molar-refractivity contribution in [3.05, 3.63) is 204 Å². The molecule has 2 aliphatic heterocycles. The Bertz CT molecular complexity index is 3530. The fourth-order valence-corrected chi connectivity index (χ4v) is 13.4. The highest BCUT2D eigenvalue weighted by Gasteiger charge is 2.47. The fraction of sp³-hybridized carbons (Fsp3) is 0.254. The van der Waals surface area contributed by atoms with Crippen molar-refractivity contribution in [2.24, 2.45) is 0 Å². The molecule has 72 heavy (non-hydrogen) atoms. The number of fused-ring (bicyclic) bond motifs is 7. The Kier molecular flexibility index (Phi) is 10.7. The molecular formula is C67H66BN3S. The van der Waals surface area contributed by atoms with Gasteiger partial charge in [0.2, 0.25) is 0 Å². The lowest BCUT2D eigenvalue weighted by Gasteiger charge is -2.45. The minimum Gasteiger partial charge on any atom is -0.311 e. The Morgan fingerprint density at radius 2 is 1.10 bits per heavy atom. The molecule has 0 spiro atoms. The van der Waals surface area contributed by atoms with Crippen LogP contribution in [0.4, 0.5) is 51.2 Å². The molecule has 9 aromatic rings. The van der Waals surface area contributed by atoms with E-state index in [9.17, 15) is 0 Å². The number of hydrogen-bond acceptors (Lipinski definition) is 4. The zero-order valence-electron chi connectivity index (χ0n) is 44.0. The van der Waals surface area contributed by atoms with E-state index in [1.54, 1.807) is 0 Å². The second-order valence-corrected chi connectivity index (χ2v) is 25.3. The molecule has 1 aliphatic carbocycles. The lowest BCUT2D eigenvalue weighted by molar-refractivity contribution is 0.332. The lowest BCUT2D eigenvalue weighted by atomic mass is 9.36. The smallest absolute Gasteiger partial charge is 0.264 e. The highest BCUT2D eigenvalue weighted by Crippen LogP contribution is 2.53. The summed E-state index contributed by atoms with van der Waals surface area (Å²) in [6.45, 7) is 26.0. The van der Waals surface area contributed by atoms with Gasteiger partial charge in [-0.15, -0.1) is 11.3 Å². The van der Waals surface area contributed by atoms with Gasteiger partial charge in [-0.2, -0.15) is 0 Å². The summed E-state index contributed by atoms with van der Waals surface area (Å²) >= 11 is 1.99. The maximum atomic E-state index is 2.70. The van der Waals surface area contributed by atoms with Gasteiger partial charge in [-0.05, 0) is 176 Å². The highest BCUT2D eigenvalue weighted by atomic mass is 32.1. The molecule has 0 radical (unpaired) electrons. The van der Waals surface area contributed by atoms with Crippen molar-refractivity contribution in [1.82, 2.24) is 0 Å². The number of hydrogen-bond donors (Lipinski definition) is 0. The zero-order chi connectivity index (χ0) is 50.1. The van der Waals surface area contributed by atoms with Gasteiger partial charge >= 0.3 is 0 Å². The average molecular weight is 956 g/mol. The summed E-state index contributed by atoms with van der Waals surface area (Å²) in [5.74, 6) is 0. The van der Waals surface area contributed by atoms with Crippen molar-refractivity contribution >= 4 is 95.0 Å². The van der Waals surface area contributed by atoms with Crippen molar-refractivity contribution < 1.29 is 0 Å². The molecule has 0 saturated heterocycles. The van der Waals surface area contributed by atoms with Gasteiger partial charge in [0.25, 0.3) is 6.71 Å². The van der Waals surface area contributed by atoms with Crippen LogP contribution in [0.1, 0.15) is 110 Å². The number of aryl methyl sites for hydroxylation is 1. The summed E-state index contributed by atoms with van der Waals surface area (Å²) in [4.78, 5) is 7.71. The first-order valence-electron chi connectivity index (χ1n) is 26.1. The van der Waals surface area contributed by atoms with E-state index in [-0.39, 0.29) is 28.4 Å². The van der Waals surface area contributed by atoms with E-state index < -0.39 is 0 Å². The fourth-order valence-electron chi connectivity index (χ4n) is 12.1. The monoisotopic (exact) mass is 956 g/mol. The van der Waals surface area contributed by atoms with Crippen molar-refractivity contribution in [3.8, 4) is 11.1 Å². The van der Waals surface area contributed by atoms with E-state index >= 15 is 0 Å². The molecular weight excluding hydrogens is 890 g/mol. The first kappa shape index (κ1) is 46.3. The van der Waals surface area contributed by atoms with E-state index in [0.717, 1.165) is 29.2 Å². The molecule has 3 nitrogen and oxygen atoms in total. The SMILES string of the molecule is Cc1ccccc1-c1cc2c3c(c1)N(c1ccc4c(c1)C(C)(C)CCC4(C)C)c1c(sc4ccc(C(C)(C)C)cc14)B3c1ccc(N(c3ccccc3)c3ccccc3)cc1N2c1ccc(C(C)(C)C)cc1. The molecule has 3 aliphatic rings. The van der Waals surface area contributed by atoms with Gasteiger partial charge in [-0.25, -0.2) is 0 Å². The molecule has 0 N–H and O–H groups in total. The molecule has 0 fully saturated rings. The summed E-state index contributed by atoms with van der Waals surface area (Å²) in [5, 5.41) is 1.32. The molecule has 0 unspecified atom stereocenters. The molecule has 3 heterocycles. The van der Waals surface area contributed by atoms with Gasteiger partial charge in [-0.1, -0.05) is 160 Å². The number of anilines is 9. The zero-order valence-corrected chi connectivity index (χ0v) is 44.8. The van der Waals surface area contributed by atoms with Crippen molar-refractivity contribution in [1.29, 1.82) is 0 Å². The Morgan fingerprint density at radius 3 is 1.74 bits per heavy atom. The van der Waals surface area contributed by atoms with Crippen LogP contribution in [0.25, 0.3) is 21.2 Å². The second kappa shape index (κ2) is 16.6. The first-order chi connectivity index (χ1) is 34.4. The molecule has 5 heteroatoms. The van der Waals surface area contributed by atoms with Crippen LogP contribution in [0, 0.1) is 6.92 Å². The number of para-hydroxylation sites is 2. The minimum absolute atomic E-state index is 0.00990. The van der Waals surface area contributed by atoms with Crippen molar-refractivity contribution in [2.45, 2.75) is 111 Å². The van der Waals surface area contributed by atoms with Crippen LogP contribution < -0.4 is 30.4 Å². The quantitative estimate of drug-likeness (QED) is 0.154. The maximum absolute atomic E-state index is 2.70. The normalized spacial score (nSPS) is 15.5. The van der Waals surface area contributed by atoms with Crippen LogP contribution in [0.5, 0.6) is 0 Å². The third-order valence-electron chi connectivity index (χ3n) is 16.3. The van der Waals surface area contributed by atoms with E-state index in [2.05, 4.69) is 267 Å². The van der Waals surface area contributed by atoms with Gasteiger partial charge in [-0.3, -0.25) is 0 Å². The van der Waals surface area contributed by atoms with E-state index in [4.69, 9.17) is 0 Å². The van der Waals surface area contributed by atoms with Gasteiger partial charge in [0.05, 0.1) is 5.69 Å². The van der Waals surface area contributed by atoms with Crippen LogP contribution in [0.15, 0.2) is 176 Å². The summed E-state index contributed by atoms with van der Waals surface area (Å²) in [7, 11) is 0. The summed E-state index contributed by atoms with van der Waals surface area (Å²) in [6.07, 6.45) is 2.34. The van der Waals surface area contributed by atoms with Gasteiger partial charge in [0, 0.05) is 60.4 Å². The van der Waals surface area contributed by atoms with Gasteiger partial charge in [0.1, 0.15) is 0 Å². The van der Waals surface area contributed by atoms with E-state index in [1.165, 1.54) is 99.6 Å². The predicted octanol–water partition coefficient (Wildman–Crippen LogP) is 17.4. The molecule has 0 amide bonds. The number of benzene rings is 8. The Morgan fingerprint density at radius 1 is 0.514 bits per heavy atom. The first-order valence-corrected chi connectivity index (χ1v) is 26.9. The Labute approximate surface area is 432 Å². The second-order valence-electron chi connectivity index (χ2n) is 24.2. The van der Waals surface area contributed by atoms with Crippen molar-refractivity contribution in [2.75, 3.05) is 14.7 Å². The Hall–Kier alpha value is -6.82. The number of thiophene rings is 1. The largest absolute Gasteiger partial charge is 0.311 e. The molecule has 8 aromatic carbocycles. The van der Waals surface area contributed by atoms with Crippen LogP contribution in [-0.4, -0.2) is 6.71 Å². The summed E-state index contributed by atoms with van der Waals surface area (Å²) < 4.78 is 2.72. The van der Waals surface area contributed by atoms with E-state index in [1.807, 2.05) is 11.3 Å². The lowest BCUT2D eigenvalue weighted by Crippen LogP contribution is -2.60. The summed E-state index contributed by atoms with van der Waals surface area (Å²) in [5.41, 5.74) is 22.9. The van der Waals surface area contributed by atoms with Crippen molar-refractivity contribution in [3.63, 3.8) is 0 Å².